The van der Waals surface area contributed by atoms with Crippen LogP contribution in [0.15, 0.2) is 0 Å². The summed E-state index contributed by atoms with van der Waals surface area (Å²) in [4.78, 5) is 0. The lowest BCUT2D eigenvalue weighted by Crippen LogP contribution is -2.33. The molecular weight excluding hydrogens is 198 g/mol. The summed E-state index contributed by atoms with van der Waals surface area (Å²) in [6.07, 6.45) is 2.45. The van der Waals surface area contributed by atoms with Crippen molar-refractivity contribution in [3.8, 4) is 5.75 Å². The van der Waals surface area contributed by atoms with E-state index in [-0.39, 0.29) is 0 Å². The van der Waals surface area contributed by atoms with Gasteiger partial charge >= 0.3 is 0 Å². The maximum Gasteiger partial charge on any atom is 0.197 e. The van der Waals surface area contributed by atoms with Crippen molar-refractivity contribution in [1.82, 2.24) is 4.37 Å². The van der Waals surface area contributed by atoms with Crippen LogP contribution < -0.4 is 15.8 Å². The second-order valence-corrected chi connectivity index (χ2v) is 4.62. The first-order valence-electron chi connectivity index (χ1n) is 4.76. The molecule has 14 heavy (non-hydrogen) atoms. The van der Waals surface area contributed by atoms with Crippen molar-refractivity contribution in [2.45, 2.75) is 25.8 Å². The largest absolute Gasteiger partial charge is 0.490 e. The minimum atomic E-state index is 0.479. The van der Waals surface area contributed by atoms with E-state index in [0.29, 0.717) is 17.6 Å². The Morgan fingerprint density at radius 1 is 1.57 bits per heavy atom. The van der Waals surface area contributed by atoms with Crippen LogP contribution in [0.1, 0.15) is 19.8 Å². The third-order valence-corrected chi connectivity index (χ3v) is 3.36. The lowest BCUT2D eigenvalue weighted by atomic mass is 9.82. The normalized spacial score (nSPS) is 25.6. The molecule has 1 fully saturated rings. The molecule has 3 N–H and O–H groups in total. The van der Waals surface area contributed by atoms with Crippen LogP contribution in [0, 0.1) is 5.92 Å². The van der Waals surface area contributed by atoms with Crippen molar-refractivity contribution in [3.63, 3.8) is 0 Å². The van der Waals surface area contributed by atoms with E-state index in [1.165, 1.54) is 24.4 Å². The minimum Gasteiger partial charge on any atom is -0.490 e. The van der Waals surface area contributed by atoms with Crippen LogP contribution in [0.5, 0.6) is 5.75 Å². The maximum absolute atomic E-state index is 5.65. The van der Waals surface area contributed by atoms with E-state index in [9.17, 15) is 0 Å². The number of hydrogen-bond donors (Lipinski definition) is 2. The number of nitrogens with zero attached hydrogens (tertiary/aromatic N) is 1. The molecule has 0 radical (unpaired) electrons. The summed E-state index contributed by atoms with van der Waals surface area (Å²) in [5.74, 6) is 2.01. The first-order valence-corrected chi connectivity index (χ1v) is 5.53. The summed E-state index contributed by atoms with van der Waals surface area (Å²) in [5.41, 5.74) is 5.65. The van der Waals surface area contributed by atoms with E-state index < -0.39 is 0 Å². The molecule has 0 unspecified atom stereocenters. The van der Waals surface area contributed by atoms with Gasteiger partial charge < -0.3 is 15.8 Å². The van der Waals surface area contributed by atoms with E-state index in [1.54, 1.807) is 7.11 Å². The molecule has 0 aliphatic heterocycles. The predicted molar refractivity (Wildman–Crippen MR) is 58.9 cm³/mol. The highest BCUT2D eigenvalue weighted by Crippen LogP contribution is 2.38. The number of ether oxygens (including phenoxy) is 1. The van der Waals surface area contributed by atoms with Crippen molar-refractivity contribution in [1.29, 1.82) is 0 Å². The van der Waals surface area contributed by atoms with E-state index >= 15 is 0 Å². The summed E-state index contributed by atoms with van der Waals surface area (Å²) in [6, 6.07) is 0.568. The van der Waals surface area contributed by atoms with Gasteiger partial charge in [0.15, 0.2) is 16.6 Å². The van der Waals surface area contributed by atoms with Gasteiger partial charge in [-0.3, -0.25) is 0 Å². The number of nitrogens with one attached hydrogen (secondary N) is 1. The van der Waals surface area contributed by atoms with Gasteiger partial charge in [0, 0.05) is 6.04 Å². The molecule has 2 rings (SSSR count). The number of anilines is 2. The molecule has 1 aromatic rings. The number of aromatic nitrogens is 1. The van der Waals surface area contributed by atoms with Gasteiger partial charge in [-0.1, -0.05) is 6.92 Å². The highest BCUT2D eigenvalue weighted by molar-refractivity contribution is 7.11. The molecular formula is C9H15N3OS. The van der Waals surface area contributed by atoms with Gasteiger partial charge in [0.2, 0.25) is 0 Å². The molecule has 4 nitrogen and oxygen atoms in total. The van der Waals surface area contributed by atoms with Crippen LogP contribution >= 0.6 is 11.5 Å². The first-order chi connectivity index (χ1) is 6.70. The Labute approximate surface area is 87.6 Å². The summed E-state index contributed by atoms with van der Waals surface area (Å²) < 4.78 is 9.22. The lowest BCUT2D eigenvalue weighted by molar-refractivity contribution is 0.308. The fourth-order valence-electron chi connectivity index (χ4n) is 1.79. The van der Waals surface area contributed by atoms with Crippen molar-refractivity contribution in [2.24, 2.45) is 5.92 Å². The third kappa shape index (κ3) is 1.64. The smallest absolute Gasteiger partial charge is 0.197 e. The average Bonchev–Trinajstić information content (AvgIpc) is 2.44. The van der Waals surface area contributed by atoms with Crippen LogP contribution in [-0.4, -0.2) is 17.5 Å². The zero-order chi connectivity index (χ0) is 10.1. The molecule has 1 aliphatic rings. The predicted octanol–water partition coefficient (Wildman–Crippen LogP) is 1.94. The molecule has 1 heterocycles. The zero-order valence-electron chi connectivity index (χ0n) is 8.41. The van der Waals surface area contributed by atoms with Crippen LogP contribution in [0.4, 0.5) is 10.8 Å². The number of rotatable bonds is 3. The van der Waals surface area contributed by atoms with Gasteiger partial charge in [0.25, 0.3) is 0 Å². The van der Waals surface area contributed by atoms with E-state index in [2.05, 4.69) is 16.6 Å². The molecule has 1 aliphatic carbocycles. The summed E-state index contributed by atoms with van der Waals surface area (Å²) in [5, 5.41) is 4.36. The summed E-state index contributed by atoms with van der Waals surface area (Å²) in [6.45, 7) is 2.26. The summed E-state index contributed by atoms with van der Waals surface area (Å²) >= 11 is 1.37. The molecule has 0 bridgehead atoms. The van der Waals surface area contributed by atoms with Gasteiger partial charge in [-0.05, 0) is 30.3 Å². The average molecular weight is 213 g/mol. The monoisotopic (exact) mass is 213 g/mol. The Morgan fingerprint density at radius 2 is 2.29 bits per heavy atom. The maximum atomic E-state index is 5.65. The Kier molecular flexibility index (Phi) is 2.50. The van der Waals surface area contributed by atoms with Crippen molar-refractivity contribution < 1.29 is 4.74 Å². The number of nitrogens with two attached hydrogens (primary N) is 1. The number of hydrogen-bond acceptors (Lipinski definition) is 5. The Morgan fingerprint density at radius 3 is 2.86 bits per heavy atom. The molecule has 0 spiro atoms. The third-order valence-electron chi connectivity index (χ3n) is 2.59. The molecule has 1 saturated carbocycles. The van der Waals surface area contributed by atoms with Crippen LogP contribution in [0.2, 0.25) is 0 Å². The highest BCUT2D eigenvalue weighted by atomic mass is 32.1. The van der Waals surface area contributed by atoms with Gasteiger partial charge in [-0.2, -0.15) is 4.37 Å². The fourth-order valence-corrected chi connectivity index (χ4v) is 2.55. The number of nitrogen functional groups attached to an aromatic ring is 1. The van der Waals surface area contributed by atoms with Gasteiger partial charge in [0.1, 0.15) is 0 Å². The highest BCUT2D eigenvalue weighted by Gasteiger charge is 2.26. The quantitative estimate of drug-likeness (QED) is 0.805. The van der Waals surface area contributed by atoms with Crippen molar-refractivity contribution >= 4 is 22.4 Å². The van der Waals surface area contributed by atoms with E-state index in [4.69, 9.17) is 10.5 Å². The van der Waals surface area contributed by atoms with Crippen molar-refractivity contribution in [3.05, 3.63) is 0 Å². The second kappa shape index (κ2) is 3.65. The van der Waals surface area contributed by atoms with E-state index in [0.717, 1.165) is 10.9 Å². The Hall–Kier alpha value is -0.970. The summed E-state index contributed by atoms with van der Waals surface area (Å²) in [7, 11) is 1.62. The molecule has 78 valence electrons. The molecule has 0 saturated heterocycles. The van der Waals surface area contributed by atoms with Crippen LogP contribution in [0.3, 0.4) is 0 Å². The van der Waals surface area contributed by atoms with Crippen LogP contribution in [0.25, 0.3) is 0 Å². The topological polar surface area (TPSA) is 60.2 Å². The zero-order valence-corrected chi connectivity index (χ0v) is 9.23. The molecule has 0 amide bonds. The van der Waals surface area contributed by atoms with Gasteiger partial charge in [-0.25, -0.2) is 0 Å². The SMILES string of the molecule is COc1c(N)nsc1NC1CC(C)C1. The van der Waals surface area contributed by atoms with Gasteiger partial charge in [0.05, 0.1) is 7.11 Å². The Balaban J connectivity index is 2.02. The minimum absolute atomic E-state index is 0.479. The lowest BCUT2D eigenvalue weighted by Gasteiger charge is -2.33. The molecule has 0 aromatic carbocycles. The molecule has 1 aromatic heterocycles. The van der Waals surface area contributed by atoms with E-state index in [1.807, 2.05) is 0 Å². The molecule has 5 heteroatoms. The second-order valence-electron chi connectivity index (χ2n) is 3.85. The van der Waals surface area contributed by atoms with Gasteiger partial charge in [-0.15, -0.1) is 0 Å². The van der Waals surface area contributed by atoms with Crippen LogP contribution in [-0.2, 0) is 0 Å². The van der Waals surface area contributed by atoms with Crippen molar-refractivity contribution in [2.75, 3.05) is 18.2 Å². The first kappa shape index (κ1) is 9.58. The number of methoxy groups -OCH3 is 1. The standard InChI is InChI=1S/C9H15N3OS/c1-5-3-6(4-5)11-9-7(13-2)8(10)12-14-9/h5-6,11H,3-4H2,1-2H3,(H2,10,12). The fraction of sp³-hybridized carbons (Fsp3) is 0.667. The Bertz CT molecular complexity index is 320. The molecule has 0 atom stereocenters.